The average Bonchev–Trinajstić information content (AvgIpc) is 3.47. The van der Waals surface area contributed by atoms with Crippen molar-refractivity contribution in [2.24, 2.45) is 5.92 Å². The molecule has 1 aliphatic heterocycles. The van der Waals surface area contributed by atoms with Crippen molar-refractivity contribution in [3.05, 3.63) is 52.7 Å². The Morgan fingerprint density at radius 1 is 1.24 bits per heavy atom. The Bertz CT molecular complexity index is 1500. The fraction of sp³-hybridized carbons (Fsp3) is 0.280. The molecule has 0 radical (unpaired) electrons. The van der Waals surface area contributed by atoms with E-state index >= 15 is 0 Å². The molecule has 1 aliphatic carbocycles. The van der Waals surface area contributed by atoms with Gasteiger partial charge in [-0.2, -0.15) is 4.80 Å². The molecular weight excluding hydrogens is 518 g/mol. The summed E-state index contributed by atoms with van der Waals surface area (Å²) in [6, 6.07) is 8.49. The number of fused-ring (bicyclic) bond motifs is 1. The van der Waals surface area contributed by atoms with Crippen molar-refractivity contribution in [2.45, 2.75) is 25.5 Å². The Balaban J connectivity index is 1.37. The van der Waals surface area contributed by atoms with Crippen molar-refractivity contribution in [3.63, 3.8) is 0 Å². The predicted molar refractivity (Wildman–Crippen MR) is 134 cm³/mol. The molecule has 2 heterocycles. The zero-order chi connectivity index (χ0) is 27.2. The van der Waals surface area contributed by atoms with Gasteiger partial charge in [0.25, 0.3) is 0 Å². The van der Waals surface area contributed by atoms with Crippen molar-refractivity contribution in [3.8, 4) is 28.6 Å². The Hall–Kier alpha value is -4.45. The largest absolute Gasteiger partial charge is 0.496 e. The van der Waals surface area contributed by atoms with Crippen LogP contribution in [-0.4, -0.2) is 62.7 Å². The highest BCUT2D eigenvalue weighted by Crippen LogP contribution is 2.53. The third-order valence-corrected chi connectivity index (χ3v) is 6.85. The number of carbonyl (C=O) groups is 3. The highest BCUT2D eigenvalue weighted by Gasteiger charge is 2.60. The molecule has 0 saturated carbocycles. The molecule has 13 heteroatoms. The summed E-state index contributed by atoms with van der Waals surface area (Å²) in [5.74, 6) is -1.78. The summed E-state index contributed by atoms with van der Waals surface area (Å²) in [5.41, 5.74) is 0.290. The number of ether oxygens (including phenoxy) is 3. The smallest absolute Gasteiger partial charge is 0.327 e. The molecule has 5 rings (SSSR count). The standard InChI is InChI=1S/C25H22ClN5O7/c1-12-8-15(27-14-6-4-13(5-7-14)24-28-30-31(29-24)11-19(33)34)9-18(32)25(12)23(35)20-16(36-2)10-17(37-3)21(26)22(20)38-25/h4-7,9-10,12,27H,8,11H2,1-3H3,(H,33,34). The zero-order valence-corrected chi connectivity index (χ0v) is 21.3. The molecule has 3 aromatic rings. The van der Waals surface area contributed by atoms with Crippen LogP contribution in [0.1, 0.15) is 23.7 Å². The van der Waals surface area contributed by atoms with Gasteiger partial charge in [0, 0.05) is 35.0 Å². The second-order valence-corrected chi connectivity index (χ2v) is 9.22. The number of benzene rings is 2. The van der Waals surface area contributed by atoms with Crippen LogP contribution in [0.5, 0.6) is 17.2 Å². The molecule has 38 heavy (non-hydrogen) atoms. The maximum atomic E-state index is 13.6. The minimum atomic E-state index is -1.76. The van der Waals surface area contributed by atoms with E-state index in [0.717, 1.165) is 4.80 Å². The number of ketones is 2. The maximum Gasteiger partial charge on any atom is 0.327 e. The molecule has 2 unspecified atom stereocenters. The summed E-state index contributed by atoms with van der Waals surface area (Å²) in [5, 5.41) is 23.8. The minimum absolute atomic E-state index is 0.0716. The van der Waals surface area contributed by atoms with E-state index in [1.807, 2.05) is 0 Å². The van der Waals surface area contributed by atoms with Crippen LogP contribution in [0.15, 0.2) is 42.1 Å². The van der Waals surface area contributed by atoms with Gasteiger partial charge in [0.15, 0.2) is 12.3 Å². The second kappa shape index (κ2) is 9.45. The van der Waals surface area contributed by atoms with Crippen molar-refractivity contribution < 1.29 is 33.7 Å². The summed E-state index contributed by atoms with van der Waals surface area (Å²) >= 11 is 6.43. The van der Waals surface area contributed by atoms with E-state index in [-0.39, 0.29) is 33.7 Å². The number of aliphatic carboxylic acids is 1. The molecule has 0 amide bonds. The van der Waals surface area contributed by atoms with Gasteiger partial charge < -0.3 is 24.6 Å². The van der Waals surface area contributed by atoms with E-state index in [1.54, 1.807) is 31.2 Å². The lowest BCUT2D eigenvalue weighted by atomic mass is 9.74. The number of tetrazole rings is 1. The molecule has 2 N–H and O–H groups in total. The second-order valence-electron chi connectivity index (χ2n) is 8.84. The zero-order valence-electron chi connectivity index (χ0n) is 20.5. The minimum Gasteiger partial charge on any atom is -0.496 e. The number of carboxylic acid groups (broad SMARTS) is 1. The molecule has 0 fully saturated rings. The van der Waals surface area contributed by atoms with Crippen LogP contribution in [0.4, 0.5) is 5.69 Å². The van der Waals surface area contributed by atoms with Gasteiger partial charge in [-0.1, -0.05) is 18.5 Å². The summed E-state index contributed by atoms with van der Waals surface area (Å²) in [4.78, 5) is 38.8. The van der Waals surface area contributed by atoms with Gasteiger partial charge in [-0.15, -0.1) is 10.2 Å². The summed E-state index contributed by atoms with van der Waals surface area (Å²) in [7, 11) is 2.84. The van der Waals surface area contributed by atoms with Gasteiger partial charge in [-0.25, -0.2) is 0 Å². The summed E-state index contributed by atoms with van der Waals surface area (Å²) < 4.78 is 16.7. The molecule has 2 aliphatic rings. The highest BCUT2D eigenvalue weighted by molar-refractivity contribution is 6.36. The number of Topliss-reactive ketones (excluding diaryl/α,β-unsaturated/α-hetero) is 1. The van der Waals surface area contributed by atoms with Crippen LogP contribution in [0.3, 0.4) is 0 Å². The topological polar surface area (TPSA) is 155 Å². The van der Waals surface area contributed by atoms with Crippen LogP contribution in [0.2, 0.25) is 5.02 Å². The molecule has 2 atom stereocenters. The number of anilines is 1. The van der Waals surface area contributed by atoms with Gasteiger partial charge in [0.1, 0.15) is 22.1 Å². The number of aromatic nitrogens is 4. The van der Waals surface area contributed by atoms with E-state index < -0.39 is 35.6 Å². The lowest BCUT2D eigenvalue weighted by Crippen LogP contribution is -2.55. The van der Waals surface area contributed by atoms with E-state index in [2.05, 4.69) is 20.7 Å². The van der Waals surface area contributed by atoms with Crippen LogP contribution in [0, 0.1) is 5.92 Å². The fourth-order valence-corrected chi connectivity index (χ4v) is 4.92. The van der Waals surface area contributed by atoms with Gasteiger partial charge in [-0.05, 0) is 35.9 Å². The van der Waals surface area contributed by atoms with Crippen LogP contribution >= 0.6 is 11.6 Å². The van der Waals surface area contributed by atoms with Crippen molar-refractivity contribution in [1.29, 1.82) is 0 Å². The van der Waals surface area contributed by atoms with Crippen molar-refractivity contribution in [2.75, 3.05) is 19.5 Å². The molecule has 0 bridgehead atoms. The molecule has 0 saturated heterocycles. The van der Waals surface area contributed by atoms with Gasteiger partial charge in [-0.3, -0.25) is 14.4 Å². The lowest BCUT2D eigenvalue weighted by Gasteiger charge is -2.35. The number of allylic oxidation sites excluding steroid dienone is 1. The Morgan fingerprint density at radius 3 is 2.58 bits per heavy atom. The molecule has 196 valence electrons. The number of halogens is 1. The Kier molecular flexibility index (Phi) is 6.27. The summed E-state index contributed by atoms with van der Waals surface area (Å²) in [6.07, 6.45) is 1.71. The number of methoxy groups -OCH3 is 2. The van der Waals surface area contributed by atoms with E-state index in [9.17, 15) is 14.4 Å². The molecular formula is C25H22ClN5O7. The van der Waals surface area contributed by atoms with Crippen LogP contribution in [0.25, 0.3) is 11.4 Å². The van der Waals surface area contributed by atoms with E-state index in [4.69, 9.17) is 30.9 Å². The fourth-order valence-electron chi connectivity index (χ4n) is 4.65. The van der Waals surface area contributed by atoms with Gasteiger partial charge in [0.05, 0.1) is 14.2 Å². The maximum absolute atomic E-state index is 13.6. The molecule has 2 aromatic carbocycles. The molecule has 1 spiro atoms. The van der Waals surface area contributed by atoms with Gasteiger partial charge >= 0.3 is 5.97 Å². The SMILES string of the molecule is COc1cc(OC)c2c(c1Cl)OC1(C(=O)C=C(Nc3ccc(-c4nnn(CC(=O)O)n4)cc3)CC1C)C2=O. The van der Waals surface area contributed by atoms with E-state index in [1.165, 1.54) is 26.4 Å². The molecule has 12 nitrogen and oxygen atoms in total. The number of nitrogens with one attached hydrogen (secondary N) is 1. The highest BCUT2D eigenvalue weighted by atomic mass is 35.5. The van der Waals surface area contributed by atoms with Crippen LogP contribution < -0.4 is 19.5 Å². The normalized spacial score (nSPS) is 20.1. The van der Waals surface area contributed by atoms with E-state index in [0.29, 0.717) is 23.4 Å². The third-order valence-electron chi connectivity index (χ3n) is 6.49. The third kappa shape index (κ3) is 4.02. The number of hydrogen-bond donors (Lipinski definition) is 2. The Labute approximate surface area is 221 Å². The quantitative estimate of drug-likeness (QED) is 0.425. The average molecular weight is 540 g/mol. The number of hydrogen-bond acceptors (Lipinski definition) is 10. The number of rotatable bonds is 7. The monoisotopic (exact) mass is 539 g/mol. The van der Waals surface area contributed by atoms with Crippen LogP contribution in [-0.2, 0) is 16.1 Å². The number of carbonyl (C=O) groups excluding carboxylic acids is 2. The molecule has 1 aromatic heterocycles. The summed E-state index contributed by atoms with van der Waals surface area (Å²) in [6.45, 7) is 1.38. The van der Waals surface area contributed by atoms with Gasteiger partial charge in [0.2, 0.25) is 23.0 Å². The first-order valence-corrected chi connectivity index (χ1v) is 11.9. The van der Waals surface area contributed by atoms with Crippen molar-refractivity contribution in [1.82, 2.24) is 20.2 Å². The first-order valence-electron chi connectivity index (χ1n) is 11.5. The first kappa shape index (κ1) is 25.2. The lowest BCUT2D eigenvalue weighted by molar-refractivity contribution is -0.138. The number of carboxylic acids is 1. The first-order chi connectivity index (χ1) is 18.2. The number of nitrogens with zero attached hydrogens (tertiary/aromatic N) is 4. The van der Waals surface area contributed by atoms with Crippen molar-refractivity contribution >= 4 is 34.8 Å². The Morgan fingerprint density at radius 2 is 1.95 bits per heavy atom. The predicted octanol–water partition coefficient (Wildman–Crippen LogP) is 3.01.